The Morgan fingerprint density at radius 1 is 0.655 bits per heavy atom. The van der Waals surface area contributed by atoms with Gasteiger partial charge in [-0.05, 0) is 76.4 Å². The normalized spacial score (nSPS) is 18.7. The summed E-state index contributed by atoms with van der Waals surface area (Å²) in [5.41, 5.74) is 9.62. The van der Waals surface area contributed by atoms with Crippen LogP contribution in [0.25, 0.3) is 0 Å². The zero-order chi connectivity index (χ0) is 38.8. The molecule has 0 saturated carbocycles. The molecule has 0 bridgehead atoms. The predicted octanol–water partition coefficient (Wildman–Crippen LogP) is 0.497. The molecule has 0 amide bonds. The van der Waals surface area contributed by atoms with Gasteiger partial charge in [-0.1, -0.05) is 12.1 Å². The molecule has 2 aromatic rings. The summed E-state index contributed by atoms with van der Waals surface area (Å²) in [6.45, 7) is 19.7. The van der Waals surface area contributed by atoms with Crippen LogP contribution in [0.1, 0.15) is 29.5 Å². The van der Waals surface area contributed by atoms with E-state index in [9.17, 15) is 9.90 Å². The van der Waals surface area contributed by atoms with E-state index in [4.69, 9.17) is 19.9 Å². The Morgan fingerprint density at radius 2 is 1.13 bits per heavy atom. The number of benzene rings is 2. The Labute approximate surface area is 342 Å². The number of ether oxygens (including phenoxy) is 3. The minimum Gasteiger partial charge on any atom is -0.507 e. The fraction of sp³-hybridized carbons (Fsp3) is 0.675. The molecule has 2 aliphatic heterocycles. The van der Waals surface area contributed by atoms with Gasteiger partial charge in [0.2, 0.25) is 0 Å². The summed E-state index contributed by atoms with van der Waals surface area (Å²) in [5, 5.41) is 31.0. The van der Waals surface area contributed by atoms with Gasteiger partial charge in [-0.2, -0.15) is 0 Å². The van der Waals surface area contributed by atoms with Crippen LogP contribution < -0.4 is 42.4 Å². The molecule has 0 aromatic heterocycles. The molecule has 1 atom stereocenters. The Hall–Kier alpha value is -2.00. The number of halogens is 1. The fourth-order valence-corrected chi connectivity index (χ4v) is 7.16. The zero-order valence-electron chi connectivity index (χ0n) is 32.9. The van der Waals surface area contributed by atoms with E-state index in [1.807, 2.05) is 6.07 Å². The lowest BCUT2D eigenvalue weighted by Gasteiger charge is -2.26. The van der Waals surface area contributed by atoms with Crippen molar-refractivity contribution in [1.29, 1.82) is 0 Å². The second-order valence-corrected chi connectivity index (χ2v) is 15.4. The van der Waals surface area contributed by atoms with Crippen LogP contribution in [0.5, 0.6) is 11.5 Å². The minimum absolute atomic E-state index is 0.0166. The maximum atomic E-state index is 12.5. The van der Waals surface area contributed by atoms with Crippen molar-refractivity contribution >= 4 is 28.4 Å². The number of nitrogens with one attached hydrogen (secondary N) is 6. The molecular weight excluding hydrogens is 817 g/mol. The predicted molar refractivity (Wildman–Crippen MR) is 228 cm³/mol. The summed E-state index contributed by atoms with van der Waals surface area (Å²) in [5.74, 6) is 1.13. The van der Waals surface area contributed by atoms with Crippen molar-refractivity contribution in [3.63, 3.8) is 0 Å². The largest absolute Gasteiger partial charge is 0.507 e. The SMILES string of the molecule is NC(Cc1ccc(O)c([131I])c1)C(=O)CCCOCCOCCOc1cc(CN2CCNCCNCCNCC2)cc(CN2CCNCCNCCNCC2)c1. The van der Waals surface area contributed by atoms with E-state index < -0.39 is 6.04 Å². The highest BCUT2D eigenvalue weighted by Gasteiger charge is 2.15. The number of hydrogen-bond acceptors (Lipinski definition) is 14. The molecule has 1 unspecified atom stereocenters. The molecular formula is C40H68IN9O5. The molecule has 2 heterocycles. The smallest absolute Gasteiger partial charge is 0.149 e. The Balaban J connectivity index is 1.21. The molecule has 15 heteroatoms. The Bertz CT molecular complexity index is 1270. The lowest BCUT2D eigenvalue weighted by molar-refractivity contribution is -0.120. The van der Waals surface area contributed by atoms with E-state index in [1.165, 1.54) is 11.1 Å². The van der Waals surface area contributed by atoms with Crippen molar-refractivity contribution in [1.82, 2.24) is 41.7 Å². The molecule has 14 nitrogen and oxygen atoms in total. The standard InChI is InChI=1S/C40H68IN9O5/c41-37-29-33(3-4-39(37)51)30-38(42)40(52)2-1-21-53-22-23-54-24-25-55-36-27-34(31-49-17-13-45-9-5-43-6-10-46-14-18-49)26-35(28-36)32-50-19-15-47-11-7-44-8-12-48-16-20-50/h3-4,26-29,38,43-48,51H,1-2,5-25,30-32,42H2/i41+4. The number of carbonyl (C=O) groups excluding carboxylic acids is 1. The van der Waals surface area contributed by atoms with E-state index in [-0.39, 0.29) is 11.5 Å². The van der Waals surface area contributed by atoms with E-state index in [1.54, 1.807) is 12.1 Å². The number of nitrogens with zero attached hydrogens (tertiary/aromatic N) is 2. The third-order valence-electron chi connectivity index (χ3n) is 9.63. The molecule has 9 N–H and O–H groups in total. The van der Waals surface area contributed by atoms with E-state index in [2.05, 4.69) is 82.5 Å². The number of carbonyl (C=O) groups is 1. The van der Waals surface area contributed by atoms with Crippen molar-refractivity contribution in [3.05, 3.63) is 56.7 Å². The molecule has 4 rings (SSSR count). The third-order valence-corrected chi connectivity index (χ3v) is 10.5. The van der Waals surface area contributed by atoms with E-state index in [0.29, 0.717) is 52.3 Å². The Morgan fingerprint density at radius 3 is 1.64 bits per heavy atom. The summed E-state index contributed by atoms with van der Waals surface area (Å²) >= 11 is 2.07. The van der Waals surface area contributed by atoms with Crippen molar-refractivity contribution < 1.29 is 24.1 Å². The van der Waals surface area contributed by atoms with Crippen LogP contribution in [0.2, 0.25) is 0 Å². The van der Waals surface area contributed by atoms with Gasteiger partial charge in [0.05, 0.1) is 29.4 Å². The first kappa shape index (κ1) is 45.7. The number of hydrogen-bond donors (Lipinski definition) is 8. The third kappa shape index (κ3) is 20.3. The van der Waals surface area contributed by atoms with Gasteiger partial charge in [-0.15, -0.1) is 0 Å². The second kappa shape index (κ2) is 28.4. The summed E-state index contributed by atoms with van der Waals surface area (Å²) in [6.07, 6.45) is 1.44. The van der Waals surface area contributed by atoms with Crippen LogP contribution in [0.15, 0.2) is 36.4 Å². The maximum Gasteiger partial charge on any atom is 0.149 e. The Kier molecular flexibility index (Phi) is 23.6. The average molecular weight is 886 g/mol. The molecule has 55 heavy (non-hydrogen) atoms. The van der Waals surface area contributed by atoms with E-state index >= 15 is 0 Å². The summed E-state index contributed by atoms with van der Waals surface area (Å²) in [4.78, 5) is 17.6. The summed E-state index contributed by atoms with van der Waals surface area (Å²) in [7, 11) is 0. The van der Waals surface area contributed by atoms with Gasteiger partial charge in [-0.3, -0.25) is 14.6 Å². The number of phenols is 1. The highest BCUT2D eigenvalue weighted by molar-refractivity contribution is 14.1. The van der Waals surface area contributed by atoms with Crippen LogP contribution in [-0.2, 0) is 33.8 Å². The first-order chi connectivity index (χ1) is 27.0. The lowest BCUT2D eigenvalue weighted by Crippen LogP contribution is -2.41. The lowest BCUT2D eigenvalue weighted by atomic mass is 10.0. The van der Waals surface area contributed by atoms with Gasteiger partial charge in [0, 0.05) is 131 Å². The summed E-state index contributed by atoms with van der Waals surface area (Å²) < 4.78 is 18.6. The topological polar surface area (TPSA) is 170 Å². The zero-order valence-corrected chi connectivity index (χ0v) is 35.0. The number of Topliss-reactive ketones (excluding diaryl/α,β-unsaturated/α-hetero) is 1. The monoisotopic (exact) mass is 885 g/mol. The van der Waals surface area contributed by atoms with Crippen molar-refractivity contribution in [2.75, 3.05) is 138 Å². The first-order valence-corrected chi connectivity index (χ1v) is 21.4. The highest BCUT2D eigenvalue weighted by Crippen LogP contribution is 2.22. The van der Waals surface area contributed by atoms with Crippen LogP contribution in [0.3, 0.4) is 0 Å². The molecule has 2 aromatic carbocycles. The molecule has 0 aliphatic carbocycles. The first-order valence-electron chi connectivity index (χ1n) is 20.3. The molecule has 0 spiro atoms. The van der Waals surface area contributed by atoms with Crippen LogP contribution in [0, 0.1) is 3.57 Å². The number of rotatable bonds is 18. The van der Waals surface area contributed by atoms with Crippen molar-refractivity contribution in [2.45, 2.75) is 38.4 Å². The van der Waals surface area contributed by atoms with Crippen molar-refractivity contribution in [3.8, 4) is 11.5 Å². The fourth-order valence-electron chi connectivity index (χ4n) is 6.58. The summed E-state index contributed by atoms with van der Waals surface area (Å²) in [6, 6.07) is 11.5. The number of nitrogens with two attached hydrogens (primary N) is 1. The van der Waals surface area contributed by atoms with Gasteiger partial charge in [0.15, 0.2) is 0 Å². The highest BCUT2D eigenvalue weighted by atomic mass is 131. The molecule has 0 radical (unpaired) electrons. The molecule has 310 valence electrons. The van der Waals surface area contributed by atoms with Crippen LogP contribution >= 0.6 is 22.6 Å². The van der Waals surface area contributed by atoms with Gasteiger partial charge in [0.1, 0.15) is 23.9 Å². The van der Waals surface area contributed by atoms with Crippen molar-refractivity contribution in [2.24, 2.45) is 5.73 Å². The molecule has 2 fully saturated rings. The molecule has 2 aliphatic rings. The molecule has 2 saturated heterocycles. The van der Waals surface area contributed by atoms with Crippen LogP contribution in [0.4, 0.5) is 0 Å². The average Bonchev–Trinajstić information content (AvgIpc) is 3.16. The van der Waals surface area contributed by atoms with Gasteiger partial charge in [0.25, 0.3) is 0 Å². The maximum absolute atomic E-state index is 12.5. The van der Waals surface area contributed by atoms with Gasteiger partial charge in [-0.25, -0.2) is 0 Å². The number of phenolic OH excluding ortho intramolecular Hbond substituents is 1. The van der Waals surface area contributed by atoms with E-state index in [0.717, 1.165) is 133 Å². The number of aromatic hydroxyl groups is 1. The van der Waals surface area contributed by atoms with Gasteiger partial charge < -0.3 is 57.0 Å². The minimum atomic E-state index is -0.564. The second-order valence-electron chi connectivity index (χ2n) is 14.3. The van der Waals surface area contributed by atoms with Crippen LogP contribution in [-0.4, -0.2) is 164 Å². The quantitative estimate of drug-likeness (QED) is 0.0770. The van der Waals surface area contributed by atoms with Gasteiger partial charge >= 0.3 is 0 Å². The number of ketones is 1.